The molecule has 1 heterocycles. The summed E-state index contributed by atoms with van der Waals surface area (Å²) >= 11 is 0. The zero-order valence-corrected chi connectivity index (χ0v) is 9.27. The molecule has 0 atom stereocenters. The molecule has 0 saturated heterocycles. The van der Waals surface area contributed by atoms with Crippen molar-refractivity contribution in [2.45, 2.75) is 5.03 Å². The van der Waals surface area contributed by atoms with Crippen molar-refractivity contribution in [3.8, 4) is 11.3 Å². The molecular weight excluding hydrogens is 190 g/mol. The Labute approximate surface area is 87.5 Å². The second-order valence-corrected chi connectivity index (χ2v) is 5.49. The Bertz CT molecular complexity index is 403. The molecule has 0 radical (unpaired) electrons. The van der Waals surface area contributed by atoms with Gasteiger partial charge < -0.3 is 4.98 Å². The third kappa shape index (κ3) is 1.85. The molecule has 0 aliphatic carbocycles. The van der Waals surface area contributed by atoms with Crippen molar-refractivity contribution in [1.82, 2.24) is 4.98 Å². The lowest BCUT2D eigenvalue weighted by atomic mass is 10.2. The van der Waals surface area contributed by atoms with Crippen LogP contribution in [-0.4, -0.2) is 17.5 Å². The van der Waals surface area contributed by atoms with Crippen LogP contribution >= 0.6 is 0 Å². The molecule has 0 bridgehead atoms. The molecule has 2 rings (SSSR count). The Morgan fingerprint density at radius 1 is 0.929 bits per heavy atom. The molecule has 0 saturated carbocycles. The van der Waals surface area contributed by atoms with E-state index in [1.54, 1.807) is 0 Å². The second-order valence-electron chi connectivity index (χ2n) is 3.42. The quantitative estimate of drug-likeness (QED) is 0.724. The van der Waals surface area contributed by atoms with Crippen molar-refractivity contribution in [2.75, 3.05) is 12.5 Å². The maximum absolute atomic E-state index is 3.44. The molecule has 0 unspecified atom stereocenters. The largest absolute Gasteiger partial charge is 0.316 e. The van der Waals surface area contributed by atoms with Gasteiger partial charge in [-0.3, -0.25) is 0 Å². The SMILES string of the molecule is C[S+](C)c1ccc(-c2ccccc2)[nH]1. The van der Waals surface area contributed by atoms with E-state index in [0.29, 0.717) is 10.9 Å². The van der Waals surface area contributed by atoms with E-state index < -0.39 is 0 Å². The molecule has 1 aromatic carbocycles. The molecule has 2 aromatic rings. The van der Waals surface area contributed by atoms with E-state index in [4.69, 9.17) is 0 Å². The third-order valence-electron chi connectivity index (χ3n) is 2.18. The standard InChI is InChI=1S/C12H14NS/c1-14(2)12-9-8-11(13-12)10-6-4-3-5-7-10/h3-9,13H,1-2H3/q+1. The van der Waals surface area contributed by atoms with E-state index in [9.17, 15) is 0 Å². The number of aromatic amines is 1. The summed E-state index contributed by atoms with van der Waals surface area (Å²) in [7, 11) is 0.313. The summed E-state index contributed by atoms with van der Waals surface area (Å²) in [4.78, 5) is 3.44. The van der Waals surface area contributed by atoms with Gasteiger partial charge in [-0.05, 0) is 11.6 Å². The first-order chi connectivity index (χ1) is 6.77. The van der Waals surface area contributed by atoms with Crippen LogP contribution in [0.4, 0.5) is 0 Å². The highest BCUT2D eigenvalue weighted by molar-refractivity contribution is 7.95. The van der Waals surface area contributed by atoms with E-state index in [-0.39, 0.29) is 0 Å². The molecule has 72 valence electrons. The highest BCUT2D eigenvalue weighted by Gasteiger charge is 2.10. The summed E-state index contributed by atoms with van der Waals surface area (Å²) in [6.45, 7) is 0. The first kappa shape index (κ1) is 9.41. The van der Waals surface area contributed by atoms with Gasteiger partial charge in [-0.15, -0.1) is 0 Å². The first-order valence-corrected chi connectivity index (χ1v) is 6.63. The third-order valence-corrected chi connectivity index (χ3v) is 3.30. The zero-order chi connectivity index (χ0) is 9.97. The first-order valence-electron chi connectivity index (χ1n) is 4.59. The van der Waals surface area contributed by atoms with Gasteiger partial charge in [0.25, 0.3) is 0 Å². The number of nitrogens with one attached hydrogen (secondary N) is 1. The Balaban J connectivity index is 2.34. The number of benzene rings is 1. The molecule has 0 spiro atoms. The van der Waals surface area contributed by atoms with E-state index in [1.165, 1.54) is 16.3 Å². The lowest BCUT2D eigenvalue weighted by Crippen LogP contribution is -1.95. The number of rotatable bonds is 2. The van der Waals surface area contributed by atoms with Crippen LogP contribution in [0.1, 0.15) is 0 Å². The van der Waals surface area contributed by atoms with E-state index in [1.807, 2.05) is 6.07 Å². The smallest absolute Gasteiger partial charge is 0.224 e. The van der Waals surface area contributed by atoms with Gasteiger partial charge in [0.2, 0.25) is 5.03 Å². The summed E-state index contributed by atoms with van der Waals surface area (Å²) in [5.74, 6) is 0. The van der Waals surface area contributed by atoms with Crippen LogP contribution < -0.4 is 0 Å². The normalized spacial score (nSPS) is 10.8. The maximum Gasteiger partial charge on any atom is 0.224 e. The molecule has 1 aromatic heterocycles. The van der Waals surface area contributed by atoms with Gasteiger partial charge >= 0.3 is 0 Å². The van der Waals surface area contributed by atoms with Crippen molar-refractivity contribution in [2.24, 2.45) is 0 Å². The van der Waals surface area contributed by atoms with Crippen molar-refractivity contribution in [1.29, 1.82) is 0 Å². The highest BCUT2D eigenvalue weighted by atomic mass is 32.2. The van der Waals surface area contributed by atoms with Crippen LogP contribution in [0.15, 0.2) is 47.5 Å². The lowest BCUT2D eigenvalue weighted by molar-refractivity contribution is 1.20. The van der Waals surface area contributed by atoms with Crippen LogP contribution in [0.25, 0.3) is 11.3 Å². The predicted octanol–water partition coefficient (Wildman–Crippen LogP) is 2.92. The fraction of sp³-hybridized carbons (Fsp3) is 0.167. The number of H-pyrrole nitrogens is 1. The van der Waals surface area contributed by atoms with Crippen molar-refractivity contribution in [3.63, 3.8) is 0 Å². The van der Waals surface area contributed by atoms with Crippen LogP contribution in [0.3, 0.4) is 0 Å². The minimum Gasteiger partial charge on any atom is -0.316 e. The average Bonchev–Trinajstić information content (AvgIpc) is 2.68. The molecule has 1 N–H and O–H groups in total. The number of hydrogen-bond donors (Lipinski definition) is 1. The fourth-order valence-corrected chi connectivity index (χ4v) is 2.05. The van der Waals surface area contributed by atoms with Crippen molar-refractivity contribution >= 4 is 10.9 Å². The van der Waals surface area contributed by atoms with Crippen LogP contribution in [0.2, 0.25) is 0 Å². The van der Waals surface area contributed by atoms with Gasteiger partial charge in [0.1, 0.15) is 12.5 Å². The number of hydrogen-bond acceptors (Lipinski definition) is 0. The highest BCUT2D eigenvalue weighted by Crippen LogP contribution is 2.19. The number of aromatic nitrogens is 1. The summed E-state index contributed by atoms with van der Waals surface area (Å²) in [5, 5.41) is 1.32. The molecule has 0 fully saturated rings. The topological polar surface area (TPSA) is 15.8 Å². The molecule has 1 nitrogen and oxygen atoms in total. The molecular formula is C12H14NS+. The molecule has 14 heavy (non-hydrogen) atoms. The minimum atomic E-state index is 0.313. The molecule has 0 aliphatic heterocycles. The summed E-state index contributed by atoms with van der Waals surface area (Å²) < 4.78 is 0. The van der Waals surface area contributed by atoms with Gasteiger partial charge in [-0.2, -0.15) is 0 Å². The monoisotopic (exact) mass is 204 g/mol. The van der Waals surface area contributed by atoms with Gasteiger partial charge in [0, 0.05) is 22.7 Å². The van der Waals surface area contributed by atoms with Crippen LogP contribution in [-0.2, 0) is 10.9 Å². The molecule has 2 heteroatoms. The Morgan fingerprint density at radius 3 is 2.21 bits per heavy atom. The summed E-state index contributed by atoms with van der Waals surface area (Å²) in [6.07, 6.45) is 4.45. The average molecular weight is 204 g/mol. The van der Waals surface area contributed by atoms with Crippen molar-refractivity contribution in [3.05, 3.63) is 42.5 Å². The van der Waals surface area contributed by atoms with Gasteiger partial charge in [-0.1, -0.05) is 30.3 Å². The van der Waals surface area contributed by atoms with Crippen LogP contribution in [0.5, 0.6) is 0 Å². The lowest BCUT2D eigenvalue weighted by Gasteiger charge is -1.96. The summed E-state index contributed by atoms with van der Waals surface area (Å²) in [5.41, 5.74) is 2.46. The van der Waals surface area contributed by atoms with Crippen LogP contribution in [0, 0.1) is 0 Å². The minimum absolute atomic E-state index is 0.313. The van der Waals surface area contributed by atoms with Gasteiger partial charge in [-0.25, -0.2) is 0 Å². The zero-order valence-electron chi connectivity index (χ0n) is 8.45. The van der Waals surface area contributed by atoms with Gasteiger partial charge in [0.15, 0.2) is 0 Å². The van der Waals surface area contributed by atoms with E-state index >= 15 is 0 Å². The van der Waals surface area contributed by atoms with Gasteiger partial charge in [0.05, 0.1) is 0 Å². The Kier molecular flexibility index (Phi) is 2.64. The fourth-order valence-electron chi connectivity index (χ4n) is 1.40. The maximum atomic E-state index is 3.44. The molecule has 0 amide bonds. The van der Waals surface area contributed by atoms with Crippen molar-refractivity contribution < 1.29 is 0 Å². The Hall–Kier alpha value is -1.15. The Morgan fingerprint density at radius 2 is 1.64 bits per heavy atom. The van der Waals surface area contributed by atoms with E-state index in [0.717, 1.165) is 0 Å². The summed E-state index contributed by atoms with van der Waals surface area (Å²) in [6, 6.07) is 14.7. The van der Waals surface area contributed by atoms with E-state index in [2.05, 4.69) is 53.9 Å². The second kappa shape index (κ2) is 3.93. The molecule has 0 aliphatic rings. The predicted molar refractivity (Wildman–Crippen MR) is 63.7 cm³/mol.